The summed E-state index contributed by atoms with van der Waals surface area (Å²) in [5.74, 6) is -1.43. The monoisotopic (exact) mass is 190 g/mol. The topological polar surface area (TPSA) is 34.1 Å². The Bertz CT molecular complexity index is 223. The number of hydrogen-bond donors (Lipinski definition) is 1. The molecule has 2 nitrogen and oxygen atoms in total. The maximum atomic E-state index is 13.2. The average molecular weight is 190 g/mol. The molecule has 12 heavy (non-hydrogen) atoms. The molecular weight excluding hydrogens is 179 g/mol. The number of carbonyl (C=O) groups is 2. The molecule has 0 saturated heterocycles. The molecule has 0 aromatic rings. The largest absolute Gasteiger partial charge is 0.295 e. The predicted molar refractivity (Wildman–Crippen MR) is 45.9 cm³/mol. The van der Waals surface area contributed by atoms with E-state index in [0.29, 0.717) is 0 Å². The van der Waals surface area contributed by atoms with Gasteiger partial charge in [0.05, 0.1) is 0 Å². The van der Waals surface area contributed by atoms with Crippen LogP contribution in [0.15, 0.2) is 0 Å². The summed E-state index contributed by atoms with van der Waals surface area (Å²) in [4.78, 5) is 22.1. The van der Waals surface area contributed by atoms with E-state index in [4.69, 9.17) is 0 Å². The first-order chi connectivity index (χ1) is 5.26. The number of ketones is 2. The van der Waals surface area contributed by atoms with E-state index in [1.165, 1.54) is 0 Å². The number of hydrogen-bond acceptors (Lipinski definition) is 3. The summed E-state index contributed by atoms with van der Waals surface area (Å²) in [5.41, 5.74) is -0.410. The molecule has 0 aliphatic heterocycles. The van der Waals surface area contributed by atoms with Crippen LogP contribution < -0.4 is 0 Å². The van der Waals surface area contributed by atoms with Crippen molar-refractivity contribution >= 4 is 24.2 Å². The lowest BCUT2D eigenvalue weighted by atomic mass is 9.75. The summed E-state index contributed by atoms with van der Waals surface area (Å²) < 4.78 is 13.2. The zero-order valence-electron chi connectivity index (χ0n) is 7.06. The molecule has 0 spiro atoms. The minimum absolute atomic E-state index is 0.0821. The smallest absolute Gasteiger partial charge is 0.268 e. The zero-order valence-corrected chi connectivity index (χ0v) is 7.95. The number of rotatable bonds is 0. The van der Waals surface area contributed by atoms with Crippen LogP contribution in [0.1, 0.15) is 26.7 Å². The Morgan fingerprint density at radius 3 is 1.92 bits per heavy atom. The van der Waals surface area contributed by atoms with Crippen LogP contribution in [-0.4, -0.2) is 16.6 Å². The highest BCUT2D eigenvalue weighted by Crippen LogP contribution is 2.39. The second-order valence-electron chi connectivity index (χ2n) is 3.99. The van der Waals surface area contributed by atoms with E-state index in [0.717, 1.165) is 0 Å². The van der Waals surface area contributed by atoms with E-state index in [1.54, 1.807) is 13.8 Å². The van der Waals surface area contributed by atoms with Gasteiger partial charge in [-0.2, -0.15) is 0 Å². The molecule has 0 aromatic heterocycles. The fourth-order valence-electron chi connectivity index (χ4n) is 1.32. The van der Waals surface area contributed by atoms with Crippen molar-refractivity contribution in [3.05, 3.63) is 0 Å². The number of Topliss-reactive ketones (excluding diaryl/α,β-unsaturated/α-hetero) is 2. The van der Waals surface area contributed by atoms with Gasteiger partial charge in [0, 0.05) is 12.8 Å². The van der Waals surface area contributed by atoms with Crippen molar-refractivity contribution in [3.63, 3.8) is 0 Å². The van der Waals surface area contributed by atoms with Crippen molar-refractivity contribution in [1.82, 2.24) is 0 Å². The third kappa shape index (κ3) is 1.53. The van der Waals surface area contributed by atoms with Crippen LogP contribution in [0.4, 0.5) is 4.39 Å². The second kappa shape index (κ2) is 2.55. The number of carbonyl (C=O) groups excluding carboxylic acids is 2. The quantitative estimate of drug-likeness (QED) is 0.464. The van der Waals surface area contributed by atoms with Gasteiger partial charge in [-0.05, 0) is 5.41 Å². The van der Waals surface area contributed by atoms with Crippen LogP contribution in [0.25, 0.3) is 0 Å². The predicted octanol–water partition coefficient (Wildman–Crippen LogP) is 1.54. The van der Waals surface area contributed by atoms with Gasteiger partial charge in [0.1, 0.15) is 0 Å². The second-order valence-corrected chi connectivity index (χ2v) is 4.60. The highest BCUT2D eigenvalue weighted by atomic mass is 32.1. The van der Waals surface area contributed by atoms with Gasteiger partial charge in [0.2, 0.25) is 0 Å². The number of thiol groups is 1. The summed E-state index contributed by atoms with van der Waals surface area (Å²) in [6.45, 7) is 3.54. The molecule has 0 bridgehead atoms. The van der Waals surface area contributed by atoms with E-state index < -0.39 is 22.0 Å². The fraction of sp³-hybridized carbons (Fsp3) is 0.750. The molecule has 0 heterocycles. The zero-order chi connectivity index (χ0) is 9.57. The highest BCUT2D eigenvalue weighted by Gasteiger charge is 2.50. The molecule has 0 unspecified atom stereocenters. The average Bonchev–Trinajstić information content (AvgIpc) is 1.82. The normalized spacial score (nSPS) is 27.3. The van der Waals surface area contributed by atoms with Crippen LogP contribution in [0.5, 0.6) is 0 Å². The Morgan fingerprint density at radius 1 is 1.25 bits per heavy atom. The molecule has 0 radical (unpaired) electrons. The molecule has 0 N–H and O–H groups in total. The van der Waals surface area contributed by atoms with Gasteiger partial charge < -0.3 is 0 Å². The van der Waals surface area contributed by atoms with Crippen LogP contribution in [-0.2, 0) is 9.59 Å². The Hall–Kier alpha value is -0.380. The van der Waals surface area contributed by atoms with Gasteiger partial charge in [-0.1, -0.05) is 13.8 Å². The molecule has 0 atom stereocenters. The van der Waals surface area contributed by atoms with Gasteiger partial charge in [-0.25, -0.2) is 4.39 Å². The van der Waals surface area contributed by atoms with E-state index in [-0.39, 0.29) is 12.8 Å². The van der Waals surface area contributed by atoms with Gasteiger partial charge >= 0.3 is 0 Å². The lowest BCUT2D eigenvalue weighted by molar-refractivity contribution is -0.143. The van der Waals surface area contributed by atoms with Crippen molar-refractivity contribution in [3.8, 4) is 0 Å². The molecule has 0 amide bonds. The lowest BCUT2D eigenvalue weighted by Crippen LogP contribution is -2.46. The molecule has 1 rings (SSSR count). The number of alkyl halides is 1. The first-order valence-corrected chi connectivity index (χ1v) is 4.18. The van der Waals surface area contributed by atoms with E-state index in [1.807, 2.05) is 0 Å². The van der Waals surface area contributed by atoms with E-state index in [9.17, 15) is 14.0 Å². The van der Waals surface area contributed by atoms with E-state index in [2.05, 4.69) is 12.6 Å². The molecular formula is C8H11FO2S. The SMILES string of the molecule is CC1(C)CC(=O)C(F)(S)C(=O)C1. The minimum Gasteiger partial charge on any atom is -0.295 e. The summed E-state index contributed by atoms with van der Waals surface area (Å²) >= 11 is 3.42. The molecule has 1 saturated carbocycles. The first-order valence-electron chi connectivity index (χ1n) is 3.74. The Labute approximate surface area is 75.9 Å². The molecule has 0 aromatic carbocycles. The summed E-state index contributed by atoms with van der Waals surface area (Å²) in [6, 6.07) is 0. The molecule has 1 fully saturated rings. The number of halogens is 1. The van der Waals surface area contributed by atoms with Crippen molar-refractivity contribution in [2.75, 3.05) is 0 Å². The Balaban J connectivity index is 2.93. The van der Waals surface area contributed by atoms with Crippen molar-refractivity contribution in [1.29, 1.82) is 0 Å². The van der Waals surface area contributed by atoms with Crippen LogP contribution >= 0.6 is 12.6 Å². The minimum atomic E-state index is -2.53. The molecule has 1 aliphatic rings. The maximum Gasteiger partial charge on any atom is 0.268 e. The molecule has 1 aliphatic carbocycles. The molecule has 4 heteroatoms. The summed E-state index contributed by atoms with van der Waals surface area (Å²) in [7, 11) is 0. The van der Waals surface area contributed by atoms with Crippen molar-refractivity contribution in [2.45, 2.75) is 31.7 Å². The van der Waals surface area contributed by atoms with Gasteiger partial charge in [0.15, 0.2) is 11.6 Å². The van der Waals surface area contributed by atoms with Crippen molar-refractivity contribution in [2.24, 2.45) is 5.41 Å². The fourth-order valence-corrected chi connectivity index (χ4v) is 1.48. The van der Waals surface area contributed by atoms with Crippen molar-refractivity contribution < 1.29 is 14.0 Å². The van der Waals surface area contributed by atoms with Gasteiger partial charge in [0.25, 0.3) is 5.00 Å². The first kappa shape index (κ1) is 9.71. The van der Waals surface area contributed by atoms with Crippen LogP contribution in [0.3, 0.4) is 0 Å². The molecule has 68 valence electrons. The van der Waals surface area contributed by atoms with Crippen LogP contribution in [0.2, 0.25) is 0 Å². The van der Waals surface area contributed by atoms with Gasteiger partial charge in [-0.3, -0.25) is 9.59 Å². The lowest BCUT2D eigenvalue weighted by Gasteiger charge is -2.32. The highest BCUT2D eigenvalue weighted by molar-refractivity contribution is 7.83. The summed E-state index contributed by atoms with van der Waals surface area (Å²) in [6.07, 6.45) is 0.164. The van der Waals surface area contributed by atoms with Crippen LogP contribution in [0, 0.1) is 5.41 Å². The Kier molecular flexibility index (Phi) is 2.07. The maximum absolute atomic E-state index is 13.2. The Morgan fingerprint density at radius 2 is 1.58 bits per heavy atom. The van der Waals surface area contributed by atoms with Gasteiger partial charge in [-0.15, -0.1) is 12.6 Å². The standard InChI is InChI=1S/C8H11FO2S/c1-7(2)3-5(10)8(9,12)6(11)4-7/h12H,3-4H2,1-2H3. The summed E-state index contributed by atoms with van der Waals surface area (Å²) in [5, 5.41) is -2.53. The third-order valence-corrected chi connectivity index (χ3v) is 2.52. The van der Waals surface area contributed by atoms with E-state index >= 15 is 0 Å². The third-order valence-electron chi connectivity index (χ3n) is 2.02.